The summed E-state index contributed by atoms with van der Waals surface area (Å²) >= 11 is 1.27. The molecule has 2 heterocycles. The molecule has 3 aromatic rings. The Kier molecular flexibility index (Phi) is 5.72. The van der Waals surface area contributed by atoms with Gasteiger partial charge in [-0.3, -0.25) is 0 Å². The Morgan fingerprint density at radius 2 is 1.87 bits per heavy atom. The molecule has 1 fully saturated rings. The Morgan fingerprint density at radius 3 is 2.50 bits per heavy atom. The number of piperidine rings is 1. The summed E-state index contributed by atoms with van der Waals surface area (Å²) < 4.78 is 52.2. The highest BCUT2D eigenvalue weighted by Crippen LogP contribution is 2.31. The van der Waals surface area contributed by atoms with Crippen molar-refractivity contribution < 1.29 is 27.1 Å². The number of carbonyl (C=O) groups excluding carboxylic acids is 1. The van der Waals surface area contributed by atoms with Crippen molar-refractivity contribution in [3.8, 4) is 5.19 Å². The van der Waals surface area contributed by atoms with Crippen molar-refractivity contribution in [2.24, 2.45) is 0 Å². The van der Waals surface area contributed by atoms with Crippen molar-refractivity contribution in [3.05, 3.63) is 53.8 Å². The third-order valence-electron chi connectivity index (χ3n) is 4.93. The van der Waals surface area contributed by atoms with E-state index in [1.54, 1.807) is 12.1 Å². The van der Waals surface area contributed by atoms with Crippen molar-refractivity contribution >= 4 is 37.5 Å². The molecule has 158 valence electrons. The molecule has 4 rings (SSSR count). The number of ether oxygens (including phenoxy) is 2. The maximum Gasteiger partial charge on any atom is 0.337 e. The van der Waals surface area contributed by atoms with Crippen LogP contribution in [-0.2, 0) is 14.8 Å². The van der Waals surface area contributed by atoms with Crippen molar-refractivity contribution in [1.29, 1.82) is 0 Å². The van der Waals surface area contributed by atoms with Crippen LogP contribution in [0.3, 0.4) is 0 Å². The number of para-hydroxylation sites is 1. The van der Waals surface area contributed by atoms with Gasteiger partial charge in [0, 0.05) is 13.1 Å². The normalized spacial score (nSPS) is 15.9. The summed E-state index contributed by atoms with van der Waals surface area (Å²) in [5.41, 5.74) is 0.573. The number of hydrogen-bond acceptors (Lipinski definition) is 7. The fourth-order valence-electron chi connectivity index (χ4n) is 3.31. The van der Waals surface area contributed by atoms with Crippen LogP contribution < -0.4 is 4.74 Å². The number of esters is 1. The summed E-state index contributed by atoms with van der Waals surface area (Å²) in [6.07, 6.45) is 0.803. The molecular formula is C20H19FN2O5S2. The van der Waals surface area contributed by atoms with Gasteiger partial charge in [0.1, 0.15) is 17.4 Å². The minimum absolute atomic E-state index is 0.121. The van der Waals surface area contributed by atoms with Gasteiger partial charge in [0.25, 0.3) is 5.19 Å². The summed E-state index contributed by atoms with van der Waals surface area (Å²) in [6, 6.07) is 10.4. The van der Waals surface area contributed by atoms with E-state index in [-0.39, 0.29) is 22.1 Å². The van der Waals surface area contributed by atoms with Crippen LogP contribution in [0.1, 0.15) is 23.2 Å². The number of carbonyl (C=O) groups is 1. The van der Waals surface area contributed by atoms with E-state index in [9.17, 15) is 17.6 Å². The number of rotatable bonds is 5. The zero-order chi connectivity index (χ0) is 21.3. The van der Waals surface area contributed by atoms with Crippen molar-refractivity contribution in [2.75, 3.05) is 20.2 Å². The molecule has 0 aliphatic carbocycles. The molecule has 0 N–H and O–H groups in total. The molecule has 0 atom stereocenters. The topological polar surface area (TPSA) is 85.8 Å². The van der Waals surface area contributed by atoms with Crippen LogP contribution in [0.2, 0.25) is 0 Å². The summed E-state index contributed by atoms with van der Waals surface area (Å²) in [4.78, 5) is 15.8. The SMILES string of the molecule is COC(=O)c1ccc(S(=O)(=O)N2CCC(Oc3nc4c(F)cccc4s3)CC2)cc1. The summed E-state index contributed by atoms with van der Waals surface area (Å²) in [7, 11) is -2.40. The van der Waals surface area contributed by atoms with Gasteiger partial charge in [-0.15, -0.1) is 0 Å². The lowest BCUT2D eigenvalue weighted by Gasteiger charge is -2.30. The number of methoxy groups -OCH3 is 1. The van der Waals surface area contributed by atoms with Gasteiger partial charge in [0.05, 0.1) is 22.3 Å². The van der Waals surface area contributed by atoms with Gasteiger partial charge in [-0.05, 0) is 49.2 Å². The number of aromatic nitrogens is 1. The van der Waals surface area contributed by atoms with E-state index in [1.807, 2.05) is 0 Å². The largest absolute Gasteiger partial charge is 0.467 e. The van der Waals surface area contributed by atoms with Crippen LogP contribution in [-0.4, -0.2) is 50.0 Å². The molecule has 0 amide bonds. The first kappa shape index (κ1) is 20.7. The number of hydrogen-bond donors (Lipinski definition) is 0. The standard InChI is InChI=1S/C20H19FN2O5S2/c1-27-19(24)13-5-7-15(8-6-13)30(25,26)23-11-9-14(10-12-23)28-20-22-18-16(21)3-2-4-17(18)29-20/h2-8,14H,9-12H2,1H3. The van der Waals surface area contributed by atoms with E-state index in [4.69, 9.17) is 4.74 Å². The molecule has 0 unspecified atom stereocenters. The molecule has 30 heavy (non-hydrogen) atoms. The van der Waals surface area contributed by atoms with Crippen LogP contribution in [0.4, 0.5) is 4.39 Å². The average molecular weight is 451 g/mol. The quantitative estimate of drug-likeness (QED) is 0.554. The molecule has 0 spiro atoms. The van der Waals surface area contributed by atoms with Crippen LogP contribution >= 0.6 is 11.3 Å². The van der Waals surface area contributed by atoms with E-state index in [2.05, 4.69) is 9.72 Å². The molecule has 10 heteroatoms. The Morgan fingerprint density at radius 1 is 1.17 bits per heavy atom. The molecule has 7 nitrogen and oxygen atoms in total. The summed E-state index contributed by atoms with van der Waals surface area (Å²) in [5, 5.41) is 0.384. The first-order chi connectivity index (χ1) is 14.4. The van der Waals surface area contributed by atoms with Crippen molar-refractivity contribution in [2.45, 2.75) is 23.8 Å². The molecule has 0 saturated carbocycles. The summed E-state index contributed by atoms with van der Waals surface area (Å²) in [6.45, 7) is 0.593. The second kappa shape index (κ2) is 8.29. The molecule has 1 aliphatic heterocycles. The predicted octanol–water partition coefficient (Wildman–Crippen LogP) is 3.45. The number of sulfonamides is 1. The van der Waals surface area contributed by atoms with Gasteiger partial charge in [0.2, 0.25) is 10.0 Å². The van der Waals surface area contributed by atoms with E-state index >= 15 is 0 Å². The molecule has 1 saturated heterocycles. The highest BCUT2D eigenvalue weighted by molar-refractivity contribution is 7.89. The average Bonchev–Trinajstić information content (AvgIpc) is 3.17. The Bertz CT molecular complexity index is 1170. The van der Waals surface area contributed by atoms with Gasteiger partial charge in [0.15, 0.2) is 0 Å². The molecule has 0 radical (unpaired) electrons. The molecular weight excluding hydrogens is 431 g/mol. The van der Waals surface area contributed by atoms with Gasteiger partial charge < -0.3 is 9.47 Å². The van der Waals surface area contributed by atoms with E-state index in [0.717, 1.165) is 0 Å². The van der Waals surface area contributed by atoms with E-state index < -0.39 is 21.8 Å². The van der Waals surface area contributed by atoms with Crippen LogP contribution in [0.5, 0.6) is 5.19 Å². The second-order valence-electron chi connectivity index (χ2n) is 6.80. The summed E-state index contributed by atoms with van der Waals surface area (Å²) in [5.74, 6) is -0.913. The van der Waals surface area contributed by atoms with Crippen LogP contribution in [0.15, 0.2) is 47.4 Å². The Hall–Kier alpha value is -2.56. The zero-order valence-electron chi connectivity index (χ0n) is 16.1. The predicted molar refractivity (Wildman–Crippen MR) is 110 cm³/mol. The molecule has 0 bridgehead atoms. The fourth-order valence-corrected chi connectivity index (χ4v) is 5.67. The monoisotopic (exact) mass is 450 g/mol. The first-order valence-electron chi connectivity index (χ1n) is 9.29. The lowest BCUT2D eigenvalue weighted by molar-refractivity contribution is 0.0600. The third kappa shape index (κ3) is 4.03. The highest BCUT2D eigenvalue weighted by Gasteiger charge is 2.30. The number of nitrogens with zero attached hydrogens (tertiary/aromatic N) is 2. The Labute approximate surface area is 177 Å². The molecule has 2 aromatic carbocycles. The first-order valence-corrected chi connectivity index (χ1v) is 11.5. The maximum atomic E-state index is 13.8. The van der Waals surface area contributed by atoms with E-state index in [1.165, 1.54) is 53.1 Å². The lowest BCUT2D eigenvalue weighted by Crippen LogP contribution is -2.41. The minimum atomic E-state index is -3.67. The minimum Gasteiger partial charge on any atom is -0.467 e. The van der Waals surface area contributed by atoms with Crippen LogP contribution in [0, 0.1) is 5.82 Å². The van der Waals surface area contributed by atoms with Gasteiger partial charge in [-0.1, -0.05) is 17.4 Å². The van der Waals surface area contributed by atoms with Gasteiger partial charge in [-0.25, -0.2) is 17.6 Å². The maximum absolute atomic E-state index is 13.8. The second-order valence-corrected chi connectivity index (χ2v) is 9.73. The van der Waals surface area contributed by atoms with Crippen LogP contribution in [0.25, 0.3) is 10.2 Å². The van der Waals surface area contributed by atoms with Crippen molar-refractivity contribution in [1.82, 2.24) is 9.29 Å². The number of thiazole rings is 1. The van der Waals surface area contributed by atoms with Gasteiger partial charge >= 0.3 is 5.97 Å². The molecule has 1 aromatic heterocycles. The smallest absolute Gasteiger partial charge is 0.337 e. The Balaban J connectivity index is 1.40. The third-order valence-corrected chi connectivity index (χ3v) is 7.76. The van der Waals surface area contributed by atoms with E-state index in [0.29, 0.717) is 35.8 Å². The highest BCUT2D eigenvalue weighted by atomic mass is 32.2. The zero-order valence-corrected chi connectivity index (χ0v) is 17.7. The van der Waals surface area contributed by atoms with Crippen molar-refractivity contribution in [3.63, 3.8) is 0 Å². The molecule has 1 aliphatic rings. The fraction of sp³-hybridized carbons (Fsp3) is 0.300. The number of fused-ring (bicyclic) bond motifs is 1. The lowest BCUT2D eigenvalue weighted by atomic mass is 10.1. The van der Waals surface area contributed by atoms with Gasteiger partial charge in [-0.2, -0.15) is 9.29 Å². The number of benzene rings is 2. The number of halogens is 1.